The van der Waals surface area contributed by atoms with Crippen molar-refractivity contribution in [3.05, 3.63) is 83.4 Å². The van der Waals surface area contributed by atoms with Crippen molar-refractivity contribution in [1.29, 1.82) is 0 Å². The summed E-state index contributed by atoms with van der Waals surface area (Å²) in [4.78, 5) is 13.3. The number of ether oxygens (including phenoxy) is 1. The summed E-state index contributed by atoms with van der Waals surface area (Å²) < 4.78 is 57.1. The largest absolute Gasteiger partial charge is 0.494 e. The molecule has 0 spiro atoms. The molecule has 0 saturated carbocycles. The van der Waals surface area contributed by atoms with Crippen LogP contribution in [-0.2, 0) is 24.7 Å². The molecule has 0 heterocycles. The Morgan fingerprint density at radius 3 is 1.97 bits per heavy atom. The molecule has 198 valence electrons. The van der Waals surface area contributed by atoms with Gasteiger partial charge in [-0.15, -0.1) is 0 Å². The summed E-state index contributed by atoms with van der Waals surface area (Å²) in [5, 5.41) is 3.25. The van der Waals surface area contributed by atoms with Gasteiger partial charge in [-0.25, -0.2) is 16.8 Å². The maximum atomic E-state index is 13.6. The average molecular weight is 565 g/mol. The minimum atomic E-state index is -4.11. The van der Waals surface area contributed by atoms with E-state index in [1.54, 1.807) is 36.4 Å². The van der Waals surface area contributed by atoms with Crippen molar-refractivity contribution in [2.45, 2.75) is 36.1 Å². The molecule has 1 unspecified atom stereocenters. The molecule has 0 saturated heterocycles. The number of nitrogens with one attached hydrogen (secondary N) is 1. The third-order valence-corrected chi connectivity index (χ3v) is 8.75. The molecular weight excluding hydrogens is 536 g/mol. The molecule has 0 fully saturated rings. The lowest BCUT2D eigenvalue weighted by molar-refractivity contribution is -0.120. The first-order chi connectivity index (χ1) is 17.5. The van der Waals surface area contributed by atoms with E-state index in [0.29, 0.717) is 35.1 Å². The minimum absolute atomic E-state index is 0.0120. The molecule has 0 aromatic heterocycles. The molecule has 0 aliphatic heterocycles. The van der Waals surface area contributed by atoms with Crippen LogP contribution in [0.2, 0.25) is 5.02 Å². The van der Waals surface area contributed by atoms with E-state index in [4.69, 9.17) is 16.3 Å². The molecule has 11 heteroatoms. The van der Waals surface area contributed by atoms with Crippen LogP contribution in [0.25, 0.3) is 0 Å². The number of hydrogen-bond donors (Lipinski definition) is 1. The van der Waals surface area contributed by atoms with Crippen molar-refractivity contribution in [3.63, 3.8) is 0 Å². The van der Waals surface area contributed by atoms with Gasteiger partial charge in [-0.1, -0.05) is 30.7 Å². The fourth-order valence-electron chi connectivity index (χ4n) is 3.66. The van der Waals surface area contributed by atoms with Gasteiger partial charge in [0.15, 0.2) is 9.84 Å². The highest BCUT2D eigenvalue weighted by Gasteiger charge is 2.28. The van der Waals surface area contributed by atoms with Gasteiger partial charge in [0.25, 0.3) is 10.0 Å². The summed E-state index contributed by atoms with van der Waals surface area (Å²) in [5.74, 6) is 0.0496. The van der Waals surface area contributed by atoms with Gasteiger partial charge in [0.2, 0.25) is 5.91 Å². The maximum absolute atomic E-state index is 13.6. The molecule has 0 bridgehead atoms. The Morgan fingerprint density at radius 2 is 1.46 bits per heavy atom. The molecule has 8 nitrogen and oxygen atoms in total. The van der Waals surface area contributed by atoms with Gasteiger partial charge >= 0.3 is 0 Å². The fraction of sp³-hybridized carbons (Fsp3) is 0.269. The lowest BCUT2D eigenvalue weighted by atomic mass is 10.0. The number of sulfone groups is 1. The highest BCUT2D eigenvalue weighted by atomic mass is 35.5. The Labute approximate surface area is 223 Å². The molecule has 1 N–H and O–H groups in total. The van der Waals surface area contributed by atoms with E-state index in [2.05, 4.69) is 5.32 Å². The van der Waals surface area contributed by atoms with E-state index in [9.17, 15) is 21.6 Å². The monoisotopic (exact) mass is 564 g/mol. The van der Waals surface area contributed by atoms with Crippen LogP contribution >= 0.6 is 11.6 Å². The number of anilines is 1. The number of halogens is 1. The van der Waals surface area contributed by atoms with E-state index < -0.39 is 38.4 Å². The van der Waals surface area contributed by atoms with Gasteiger partial charge in [0.05, 0.1) is 28.1 Å². The summed E-state index contributed by atoms with van der Waals surface area (Å²) in [5.41, 5.74) is 0.996. The second kappa shape index (κ2) is 12.0. The Morgan fingerprint density at radius 1 is 0.892 bits per heavy atom. The summed E-state index contributed by atoms with van der Waals surface area (Å²) in [6, 6.07) is 17.9. The standard InChI is InChI=1S/C26H29ClN2O6S2/c1-4-25(19-6-14-23(15-7-19)36(3,31)32)28-26(30)18-29(21-10-12-22(13-11-21)35-5-2)37(33,34)24-16-8-20(27)9-17-24/h6-17,25H,4-5,18H2,1-3H3,(H,28,30). The molecule has 3 aromatic carbocycles. The molecule has 3 rings (SSSR count). The SMILES string of the molecule is CCOc1ccc(N(CC(=O)NC(CC)c2ccc(S(C)(=O)=O)cc2)S(=O)(=O)c2ccc(Cl)cc2)cc1. The molecule has 1 amide bonds. The van der Waals surface area contributed by atoms with E-state index in [1.807, 2.05) is 13.8 Å². The van der Waals surface area contributed by atoms with Crippen LogP contribution in [0.5, 0.6) is 5.75 Å². The predicted octanol–water partition coefficient (Wildman–Crippen LogP) is 4.61. The number of carbonyl (C=O) groups excluding carboxylic acids is 1. The van der Waals surface area contributed by atoms with Gasteiger partial charge in [-0.2, -0.15) is 0 Å². The first kappa shape index (κ1) is 28.5. The number of sulfonamides is 1. The van der Waals surface area contributed by atoms with Gasteiger partial charge in [-0.05, 0) is 79.6 Å². The van der Waals surface area contributed by atoms with Crippen LogP contribution in [0.4, 0.5) is 5.69 Å². The van der Waals surface area contributed by atoms with Gasteiger partial charge in [0.1, 0.15) is 12.3 Å². The van der Waals surface area contributed by atoms with Gasteiger partial charge < -0.3 is 10.1 Å². The molecule has 3 aromatic rings. The van der Waals surface area contributed by atoms with Crippen LogP contribution in [0.3, 0.4) is 0 Å². The summed E-state index contributed by atoms with van der Waals surface area (Å²) in [6.07, 6.45) is 1.63. The van der Waals surface area contributed by atoms with Crippen molar-refractivity contribution in [2.75, 3.05) is 23.7 Å². The first-order valence-electron chi connectivity index (χ1n) is 11.6. The van der Waals surface area contributed by atoms with Crippen molar-refractivity contribution >= 4 is 43.1 Å². The molecule has 0 radical (unpaired) electrons. The van der Waals surface area contributed by atoms with Crippen molar-refractivity contribution in [3.8, 4) is 5.75 Å². The van der Waals surface area contributed by atoms with Crippen LogP contribution in [0.1, 0.15) is 31.9 Å². The average Bonchev–Trinajstić information content (AvgIpc) is 2.86. The molecule has 0 aliphatic rings. The number of hydrogen-bond acceptors (Lipinski definition) is 6. The van der Waals surface area contributed by atoms with Crippen molar-refractivity contribution in [2.24, 2.45) is 0 Å². The number of nitrogens with zero attached hydrogens (tertiary/aromatic N) is 1. The minimum Gasteiger partial charge on any atom is -0.494 e. The Bertz CT molecular complexity index is 1420. The molecule has 0 aliphatic carbocycles. The quantitative estimate of drug-likeness (QED) is 0.364. The summed E-state index contributed by atoms with van der Waals surface area (Å²) in [6.45, 7) is 3.69. The fourth-order valence-corrected chi connectivity index (χ4v) is 5.84. The third kappa shape index (κ3) is 7.24. The highest BCUT2D eigenvalue weighted by molar-refractivity contribution is 7.93. The number of amides is 1. The number of rotatable bonds is 11. The van der Waals surface area contributed by atoms with E-state index >= 15 is 0 Å². The number of benzene rings is 3. The van der Waals surface area contributed by atoms with E-state index in [0.717, 1.165) is 10.6 Å². The Kier molecular flexibility index (Phi) is 9.22. The second-order valence-corrected chi connectivity index (χ2v) is 12.6. The van der Waals surface area contributed by atoms with E-state index in [-0.39, 0.29) is 9.79 Å². The smallest absolute Gasteiger partial charge is 0.264 e. The van der Waals surface area contributed by atoms with Gasteiger partial charge in [-0.3, -0.25) is 9.10 Å². The number of carbonyl (C=O) groups is 1. The topological polar surface area (TPSA) is 110 Å². The second-order valence-electron chi connectivity index (χ2n) is 8.26. The summed E-state index contributed by atoms with van der Waals surface area (Å²) >= 11 is 5.94. The van der Waals surface area contributed by atoms with Crippen LogP contribution < -0.4 is 14.4 Å². The Hall–Kier alpha value is -3.08. The normalized spacial score (nSPS) is 12.5. The zero-order valence-corrected chi connectivity index (χ0v) is 23.1. The molecule has 1 atom stereocenters. The van der Waals surface area contributed by atoms with E-state index in [1.165, 1.54) is 36.4 Å². The Balaban J connectivity index is 1.89. The maximum Gasteiger partial charge on any atom is 0.264 e. The van der Waals surface area contributed by atoms with Crippen molar-refractivity contribution < 1.29 is 26.4 Å². The molecule has 37 heavy (non-hydrogen) atoms. The lowest BCUT2D eigenvalue weighted by Crippen LogP contribution is -2.42. The first-order valence-corrected chi connectivity index (χ1v) is 15.3. The third-order valence-electron chi connectivity index (χ3n) is 5.58. The molecular formula is C26H29ClN2O6S2. The zero-order chi connectivity index (χ0) is 27.2. The summed E-state index contributed by atoms with van der Waals surface area (Å²) in [7, 11) is -7.47. The van der Waals surface area contributed by atoms with Crippen LogP contribution in [0.15, 0.2) is 82.6 Å². The van der Waals surface area contributed by atoms with Crippen molar-refractivity contribution in [1.82, 2.24) is 5.32 Å². The predicted molar refractivity (Wildman–Crippen MR) is 144 cm³/mol. The van der Waals surface area contributed by atoms with Crippen LogP contribution in [-0.4, -0.2) is 42.2 Å². The van der Waals surface area contributed by atoms with Gasteiger partial charge in [0, 0.05) is 11.3 Å². The van der Waals surface area contributed by atoms with Crippen LogP contribution in [0, 0.1) is 0 Å². The highest BCUT2D eigenvalue weighted by Crippen LogP contribution is 2.27. The zero-order valence-electron chi connectivity index (χ0n) is 20.7. The lowest BCUT2D eigenvalue weighted by Gasteiger charge is -2.26.